The topological polar surface area (TPSA) is 57.9 Å². The van der Waals surface area contributed by atoms with Gasteiger partial charge in [0.15, 0.2) is 0 Å². The summed E-state index contributed by atoms with van der Waals surface area (Å²) in [6, 6.07) is 13.6. The third kappa shape index (κ3) is 3.27. The lowest BCUT2D eigenvalue weighted by Gasteiger charge is -2.17. The number of hydrogen-bond acceptors (Lipinski definition) is 4. The fourth-order valence-corrected chi connectivity index (χ4v) is 1.92. The highest BCUT2D eigenvalue weighted by Crippen LogP contribution is 2.26. The van der Waals surface area contributed by atoms with Gasteiger partial charge in [0, 0.05) is 12.2 Å². The molecule has 1 unspecified atom stereocenters. The zero-order valence-electron chi connectivity index (χ0n) is 11.6. The summed E-state index contributed by atoms with van der Waals surface area (Å²) in [5, 5.41) is 12.2. The molecule has 1 aromatic carbocycles. The summed E-state index contributed by atoms with van der Waals surface area (Å²) < 4.78 is 5.49. The Kier molecular flexibility index (Phi) is 4.56. The predicted molar refractivity (Wildman–Crippen MR) is 78.6 cm³/mol. The van der Waals surface area contributed by atoms with Crippen LogP contribution in [0.25, 0.3) is 0 Å². The van der Waals surface area contributed by atoms with Crippen LogP contribution in [0.5, 0.6) is 5.88 Å². The van der Waals surface area contributed by atoms with Gasteiger partial charge >= 0.3 is 0 Å². The van der Waals surface area contributed by atoms with E-state index in [1.54, 1.807) is 6.20 Å². The summed E-state index contributed by atoms with van der Waals surface area (Å²) >= 11 is 0. The molecule has 0 spiro atoms. The lowest BCUT2D eigenvalue weighted by molar-refractivity contribution is 0.328. The van der Waals surface area contributed by atoms with Crippen molar-refractivity contribution in [3.05, 3.63) is 53.7 Å². The van der Waals surface area contributed by atoms with E-state index in [2.05, 4.69) is 23.3 Å². The number of benzene rings is 1. The summed E-state index contributed by atoms with van der Waals surface area (Å²) in [6.07, 6.45) is 1.71. The van der Waals surface area contributed by atoms with Crippen molar-refractivity contribution in [1.29, 1.82) is 5.26 Å². The van der Waals surface area contributed by atoms with Gasteiger partial charge in [-0.05, 0) is 43.7 Å². The van der Waals surface area contributed by atoms with Gasteiger partial charge in [-0.2, -0.15) is 5.26 Å². The number of rotatable bonds is 5. The molecule has 1 N–H and O–H groups in total. The van der Waals surface area contributed by atoms with Crippen molar-refractivity contribution >= 4 is 5.69 Å². The third-order valence-electron chi connectivity index (χ3n) is 2.96. The van der Waals surface area contributed by atoms with Gasteiger partial charge in [0.2, 0.25) is 5.88 Å². The standard InChI is InChI=1S/C16H17N3O/c1-3-20-16-15(5-4-10-18-16)19-12(2)14-8-6-13(11-17)7-9-14/h4-10,12,19H,3H2,1-2H3. The largest absolute Gasteiger partial charge is 0.476 e. The summed E-state index contributed by atoms with van der Waals surface area (Å²) in [7, 11) is 0. The van der Waals surface area contributed by atoms with Crippen molar-refractivity contribution in [3.63, 3.8) is 0 Å². The van der Waals surface area contributed by atoms with Crippen molar-refractivity contribution in [2.24, 2.45) is 0 Å². The van der Waals surface area contributed by atoms with E-state index in [9.17, 15) is 0 Å². The molecule has 1 heterocycles. The molecule has 0 bridgehead atoms. The molecule has 0 amide bonds. The van der Waals surface area contributed by atoms with Crippen molar-refractivity contribution in [2.75, 3.05) is 11.9 Å². The lowest BCUT2D eigenvalue weighted by atomic mass is 10.1. The highest BCUT2D eigenvalue weighted by atomic mass is 16.5. The first kappa shape index (κ1) is 13.9. The maximum absolute atomic E-state index is 8.81. The second-order valence-electron chi connectivity index (χ2n) is 4.39. The SMILES string of the molecule is CCOc1ncccc1NC(C)c1ccc(C#N)cc1. The maximum atomic E-state index is 8.81. The number of ether oxygens (including phenoxy) is 1. The number of hydrogen-bond donors (Lipinski definition) is 1. The third-order valence-corrected chi connectivity index (χ3v) is 2.96. The summed E-state index contributed by atoms with van der Waals surface area (Å²) in [5.74, 6) is 0.607. The van der Waals surface area contributed by atoms with Gasteiger partial charge in [-0.25, -0.2) is 4.98 Å². The summed E-state index contributed by atoms with van der Waals surface area (Å²) in [6.45, 7) is 4.57. The first-order valence-electron chi connectivity index (χ1n) is 6.59. The van der Waals surface area contributed by atoms with Crippen LogP contribution in [0.15, 0.2) is 42.6 Å². The maximum Gasteiger partial charge on any atom is 0.237 e. The number of nitrogens with one attached hydrogen (secondary N) is 1. The molecule has 0 aliphatic carbocycles. The molecule has 20 heavy (non-hydrogen) atoms. The molecule has 0 fully saturated rings. The fourth-order valence-electron chi connectivity index (χ4n) is 1.92. The second-order valence-corrected chi connectivity index (χ2v) is 4.39. The molecule has 2 aromatic rings. The molecule has 4 heteroatoms. The second kappa shape index (κ2) is 6.58. The minimum Gasteiger partial charge on any atom is -0.476 e. The Balaban J connectivity index is 2.14. The average molecular weight is 267 g/mol. The van der Waals surface area contributed by atoms with Crippen molar-refractivity contribution in [3.8, 4) is 11.9 Å². The predicted octanol–water partition coefficient (Wildman–Crippen LogP) is 3.53. The van der Waals surface area contributed by atoms with Gasteiger partial charge in [0.25, 0.3) is 0 Å². The molecule has 0 saturated heterocycles. The molecule has 1 aromatic heterocycles. The van der Waals surface area contributed by atoms with E-state index >= 15 is 0 Å². The van der Waals surface area contributed by atoms with Crippen molar-refractivity contribution in [1.82, 2.24) is 4.98 Å². The zero-order chi connectivity index (χ0) is 14.4. The fraction of sp³-hybridized carbons (Fsp3) is 0.250. The van der Waals surface area contributed by atoms with E-state index in [4.69, 9.17) is 10.00 Å². The Hall–Kier alpha value is -2.54. The van der Waals surface area contributed by atoms with E-state index in [0.29, 0.717) is 18.1 Å². The normalized spacial score (nSPS) is 11.4. The molecular formula is C16H17N3O. The number of nitriles is 1. The Morgan fingerprint density at radius 2 is 2.05 bits per heavy atom. The van der Waals surface area contributed by atoms with Crippen molar-refractivity contribution < 1.29 is 4.74 Å². The van der Waals surface area contributed by atoms with Crippen LogP contribution in [0.3, 0.4) is 0 Å². The van der Waals surface area contributed by atoms with E-state index in [1.807, 2.05) is 43.3 Å². The average Bonchev–Trinajstić information content (AvgIpc) is 2.49. The van der Waals surface area contributed by atoms with Gasteiger partial charge in [-0.1, -0.05) is 12.1 Å². The lowest BCUT2D eigenvalue weighted by Crippen LogP contribution is -2.09. The zero-order valence-corrected chi connectivity index (χ0v) is 11.6. The molecule has 2 rings (SSSR count). The van der Waals surface area contributed by atoms with Crippen molar-refractivity contribution in [2.45, 2.75) is 19.9 Å². The summed E-state index contributed by atoms with van der Waals surface area (Å²) in [4.78, 5) is 4.21. The molecule has 0 aliphatic rings. The molecule has 0 aliphatic heterocycles. The minimum absolute atomic E-state index is 0.103. The van der Waals surface area contributed by atoms with E-state index < -0.39 is 0 Å². The molecule has 0 saturated carbocycles. The van der Waals surface area contributed by atoms with Crippen LogP contribution < -0.4 is 10.1 Å². The number of pyridine rings is 1. The van der Waals surface area contributed by atoms with Crippen LogP contribution in [-0.2, 0) is 0 Å². The van der Waals surface area contributed by atoms with Gasteiger partial charge in [-0.15, -0.1) is 0 Å². The van der Waals surface area contributed by atoms with Crippen LogP contribution in [0.4, 0.5) is 5.69 Å². The van der Waals surface area contributed by atoms with E-state index in [1.165, 1.54) is 0 Å². The van der Waals surface area contributed by atoms with Crippen LogP contribution >= 0.6 is 0 Å². The molecule has 0 radical (unpaired) electrons. The quantitative estimate of drug-likeness (QED) is 0.900. The van der Waals surface area contributed by atoms with E-state index in [0.717, 1.165) is 11.3 Å². The summed E-state index contributed by atoms with van der Waals surface area (Å²) in [5.41, 5.74) is 2.64. The van der Waals surface area contributed by atoms with Gasteiger partial charge < -0.3 is 10.1 Å². The smallest absolute Gasteiger partial charge is 0.237 e. The monoisotopic (exact) mass is 267 g/mol. The first-order valence-corrected chi connectivity index (χ1v) is 6.59. The Morgan fingerprint density at radius 1 is 1.30 bits per heavy atom. The van der Waals surface area contributed by atoms with Crippen LogP contribution in [-0.4, -0.2) is 11.6 Å². The number of aromatic nitrogens is 1. The van der Waals surface area contributed by atoms with Crippen LogP contribution in [0.2, 0.25) is 0 Å². The van der Waals surface area contributed by atoms with Crippen LogP contribution in [0, 0.1) is 11.3 Å². The molecular weight excluding hydrogens is 250 g/mol. The molecule has 1 atom stereocenters. The van der Waals surface area contributed by atoms with Gasteiger partial charge in [0.1, 0.15) is 0 Å². The minimum atomic E-state index is 0.103. The molecule has 102 valence electrons. The Bertz CT molecular complexity index is 602. The Labute approximate surface area is 119 Å². The number of anilines is 1. The van der Waals surface area contributed by atoms with Gasteiger partial charge in [0.05, 0.1) is 23.9 Å². The Morgan fingerprint density at radius 3 is 2.70 bits per heavy atom. The highest BCUT2D eigenvalue weighted by molar-refractivity contribution is 5.53. The van der Waals surface area contributed by atoms with Gasteiger partial charge in [-0.3, -0.25) is 0 Å². The van der Waals surface area contributed by atoms with E-state index in [-0.39, 0.29) is 6.04 Å². The number of nitrogens with zero attached hydrogens (tertiary/aromatic N) is 2. The first-order chi connectivity index (χ1) is 9.74. The highest BCUT2D eigenvalue weighted by Gasteiger charge is 2.09. The molecule has 4 nitrogen and oxygen atoms in total. The van der Waals surface area contributed by atoms with Crippen LogP contribution in [0.1, 0.15) is 31.0 Å².